The molecule has 0 spiro atoms. The van der Waals surface area contributed by atoms with Crippen LogP contribution in [0, 0.1) is 20.8 Å². The zero-order chi connectivity index (χ0) is 31.0. The smallest absolute Gasteiger partial charge is 0.408 e. The summed E-state index contributed by atoms with van der Waals surface area (Å²) in [6.07, 6.45) is 0.160. The summed E-state index contributed by atoms with van der Waals surface area (Å²) in [6, 6.07) is 20.7. The molecule has 0 aromatic heterocycles. The third kappa shape index (κ3) is 8.68. The van der Waals surface area contributed by atoms with Crippen molar-refractivity contribution < 1.29 is 19.1 Å². The van der Waals surface area contributed by atoms with Gasteiger partial charge in [-0.15, -0.1) is 0 Å². The number of para-hydroxylation sites is 1. The van der Waals surface area contributed by atoms with Crippen molar-refractivity contribution in [2.75, 3.05) is 5.32 Å². The maximum atomic E-state index is 14.6. The molecule has 7 heteroatoms. The van der Waals surface area contributed by atoms with Crippen molar-refractivity contribution in [3.05, 3.63) is 101 Å². The highest BCUT2D eigenvalue weighted by Crippen LogP contribution is 2.30. The van der Waals surface area contributed by atoms with Crippen LogP contribution < -0.4 is 10.6 Å². The normalized spacial score (nSPS) is 13.4. The molecule has 0 aliphatic carbocycles. The number of hydrogen-bond acceptors (Lipinski definition) is 4. The van der Waals surface area contributed by atoms with Crippen molar-refractivity contribution in [1.82, 2.24) is 10.2 Å². The molecule has 0 bridgehead atoms. The second-order valence-electron chi connectivity index (χ2n) is 11.9. The van der Waals surface area contributed by atoms with Crippen LogP contribution in [-0.2, 0) is 20.7 Å². The molecular formula is C35H45N3O4. The van der Waals surface area contributed by atoms with E-state index in [2.05, 4.69) is 10.6 Å². The molecule has 0 saturated heterocycles. The number of hydrogen-bond donors (Lipinski definition) is 2. The monoisotopic (exact) mass is 571 g/mol. The molecule has 0 saturated carbocycles. The van der Waals surface area contributed by atoms with Crippen LogP contribution >= 0.6 is 0 Å². The van der Waals surface area contributed by atoms with E-state index in [9.17, 15) is 14.4 Å². The van der Waals surface area contributed by atoms with Crippen molar-refractivity contribution in [2.45, 2.75) is 92.0 Å². The van der Waals surface area contributed by atoms with E-state index >= 15 is 0 Å². The Hall–Kier alpha value is -4.13. The molecule has 0 heterocycles. The number of carbonyl (C=O) groups excluding carboxylic acids is 3. The Morgan fingerprint density at radius 2 is 1.50 bits per heavy atom. The lowest BCUT2D eigenvalue weighted by Gasteiger charge is -2.38. The largest absolute Gasteiger partial charge is 0.444 e. The Labute approximate surface area is 250 Å². The molecule has 0 radical (unpaired) electrons. The van der Waals surface area contributed by atoms with Crippen LogP contribution in [-0.4, -0.2) is 40.5 Å². The Kier molecular flexibility index (Phi) is 10.9. The third-order valence-electron chi connectivity index (χ3n) is 7.37. The average Bonchev–Trinajstić information content (AvgIpc) is 2.93. The lowest BCUT2D eigenvalue weighted by Crippen LogP contribution is -2.55. The van der Waals surface area contributed by atoms with Gasteiger partial charge in [0.1, 0.15) is 17.7 Å². The zero-order valence-electron chi connectivity index (χ0n) is 26.2. The van der Waals surface area contributed by atoms with Gasteiger partial charge in [-0.3, -0.25) is 9.59 Å². The number of nitrogens with zero attached hydrogens (tertiary/aromatic N) is 1. The SMILES string of the molecule is CCC(C)N(C(=O)C(Cc1ccccc1)NC(=O)OC(C)(C)C)C(C(=O)Nc1ccccc1C)c1ccc(C)c(C)c1. The summed E-state index contributed by atoms with van der Waals surface area (Å²) in [6.45, 7) is 15.2. The maximum absolute atomic E-state index is 14.6. The number of carbonyl (C=O) groups is 3. The van der Waals surface area contributed by atoms with E-state index in [1.807, 2.05) is 107 Å². The van der Waals surface area contributed by atoms with Gasteiger partial charge in [0.15, 0.2) is 0 Å². The van der Waals surface area contributed by atoms with E-state index < -0.39 is 23.8 Å². The van der Waals surface area contributed by atoms with E-state index in [-0.39, 0.29) is 24.3 Å². The summed E-state index contributed by atoms with van der Waals surface area (Å²) < 4.78 is 5.54. The first-order valence-corrected chi connectivity index (χ1v) is 14.6. The van der Waals surface area contributed by atoms with E-state index in [1.54, 1.807) is 25.7 Å². The number of anilines is 1. The molecule has 7 nitrogen and oxygen atoms in total. The summed E-state index contributed by atoms with van der Waals surface area (Å²) in [5.74, 6) is -0.681. The van der Waals surface area contributed by atoms with Crippen LogP contribution in [0.25, 0.3) is 0 Å². The minimum Gasteiger partial charge on any atom is -0.444 e. The summed E-state index contributed by atoms with van der Waals surface area (Å²) >= 11 is 0. The lowest BCUT2D eigenvalue weighted by atomic mass is 9.95. The van der Waals surface area contributed by atoms with E-state index in [4.69, 9.17) is 4.74 Å². The van der Waals surface area contributed by atoms with Crippen molar-refractivity contribution >= 4 is 23.6 Å². The number of ether oxygens (including phenoxy) is 1. The van der Waals surface area contributed by atoms with Crippen molar-refractivity contribution in [3.8, 4) is 0 Å². The molecule has 3 unspecified atom stereocenters. The molecule has 2 N–H and O–H groups in total. The first kappa shape index (κ1) is 32.4. The Balaban J connectivity index is 2.11. The van der Waals surface area contributed by atoms with Crippen LogP contribution in [0.15, 0.2) is 72.8 Å². The Bertz CT molecular complexity index is 1380. The number of benzene rings is 3. The van der Waals surface area contributed by atoms with Crippen LogP contribution in [0.5, 0.6) is 0 Å². The lowest BCUT2D eigenvalue weighted by molar-refractivity contribution is -0.143. The predicted molar refractivity (Wildman–Crippen MR) is 168 cm³/mol. The molecule has 224 valence electrons. The Morgan fingerprint density at radius 1 is 0.857 bits per heavy atom. The molecule has 0 aliphatic heterocycles. The summed E-state index contributed by atoms with van der Waals surface area (Å²) in [4.78, 5) is 43.4. The van der Waals surface area contributed by atoms with Crippen LogP contribution in [0.1, 0.15) is 74.9 Å². The van der Waals surface area contributed by atoms with Gasteiger partial charge in [0, 0.05) is 18.2 Å². The molecule has 3 aromatic carbocycles. The molecule has 3 atom stereocenters. The molecule has 3 aromatic rings. The van der Waals surface area contributed by atoms with Crippen LogP contribution in [0.3, 0.4) is 0 Å². The second kappa shape index (κ2) is 14.2. The molecule has 3 amide bonds. The highest BCUT2D eigenvalue weighted by Gasteiger charge is 2.39. The third-order valence-corrected chi connectivity index (χ3v) is 7.37. The molecule has 3 rings (SSSR count). The molecule has 42 heavy (non-hydrogen) atoms. The van der Waals surface area contributed by atoms with Gasteiger partial charge in [0.2, 0.25) is 5.91 Å². The van der Waals surface area contributed by atoms with Gasteiger partial charge in [0.05, 0.1) is 0 Å². The van der Waals surface area contributed by atoms with Gasteiger partial charge in [-0.1, -0.05) is 73.7 Å². The molecular weight excluding hydrogens is 526 g/mol. The van der Waals surface area contributed by atoms with Crippen molar-refractivity contribution in [3.63, 3.8) is 0 Å². The Morgan fingerprint density at radius 3 is 2.10 bits per heavy atom. The number of alkyl carbamates (subject to hydrolysis) is 1. The number of aryl methyl sites for hydroxylation is 3. The first-order chi connectivity index (χ1) is 19.8. The summed E-state index contributed by atoms with van der Waals surface area (Å²) in [5.41, 5.74) is 4.55. The average molecular weight is 572 g/mol. The molecule has 0 aliphatic rings. The van der Waals surface area contributed by atoms with Crippen molar-refractivity contribution in [2.24, 2.45) is 0 Å². The predicted octanol–water partition coefficient (Wildman–Crippen LogP) is 7.05. The summed E-state index contributed by atoms with van der Waals surface area (Å²) in [7, 11) is 0. The fourth-order valence-corrected chi connectivity index (χ4v) is 4.76. The quantitative estimate of drug-likeness (QED) is 0.273. The highest BCUT2D eigenvalue weighted by atomic mass is 16.6. The fraction of sp³-hybridized carbons (Fsp3) is 0.400. The van der Waals surface area contributed by atoms with Crippen LogP contribution in [0.2, 0.25) is 0 Å². The van der Waals surface area contributed by atoms with E-state index in [0.717, 1.165) is 22.3 Å². The minimum atomic E-state index is -0.962. The number of rotatable bonds is 10. The van der Waals surface area contributed by atoms with E-state index in [1.165, 1.54) is 0 Å². The number of nitrogens with one attached hydrogen (secondary N) is 2. The van der Waals surface area contributed by atoms with E-state index in [0.29, 0.717) is 17.7 Å². The van der Waals surface area contributed by atoms with Gasteiger partial charge in [0.25, 0.3) is 5.91 Å². The van der Waals surface area contributed by atoms with Gasteiger partial charge in [-0.2, -0.15) is 0 Å². The fourth-order valence-electron chi connectivity index (χ4n) is 4.76. The van der Waals surface area contributed by atoms with Gasteiger partial charge in [-0.05, 0) is 88.8 Å². The topological polar surface area (TPSA) is 87.7 Å². The first-order valence-electron chi connectivity index (χ1n) is 14.6. The standard InChI is InChI=1S/C35H45N3O4/c1-9-26(5)38(33(40)30(22-27-16-11-10-12-17-27)37-34(41)42-35(6,7)8)31(28-20-19-23(2)25(4)21-28)32(39)36-29-18-14-13-15-24(29)3/h10-21,26,30-31H,9,22H2,1-8H3,(H,36,39)(H,37,41). The van der Waals surface area contributed by atoms with Gasteiger partial charge < -0.3 is 20.3 Å². The van der Waals surface area contributed by atoms with Gasteiger partial charge >= 0.3 is 6.09 Å². The highest BCUT2D eigenvalue weighted by molar-refractivity contribution is 5.99. The second-order valence-corrected chi connectivity index (χ2v) is 11.9. The zero-order valence-corrected chi connectivity index (χ0v) is 26.2. The van der Waals surface area contributed by atoms with Crippen molar-refractivity contribution in [1.29, 1.82) is 0 Å². The van der Waals surface area contributed by atoms with Gasteiger partial charge in [-0.25, -0.2) is 4.79 Å². The summed E-state index contributed by atoms with van der Waals surface area (Å²) in [5, 5.41) is 5.89. The molecule has 0 fully saturated rings. The maximum Gasteiger partial charge on any atom is 0.408 e. The minimum absolute atomic E-state index is 0.241. The van der Waals surface area contributed by atoms with Crippen LogP contribution in [0.4, 0.5) is 10.5 Å². The number of amides is 3.